The van der Waals surface area contributed by atoms with Gasteiger partial charge in [-0.15, -0.1) is 0 Å². The Bertz CT molecular complexity index is 1310. The zero-order chi connectivity index (χ0) is 23.5. The maximum atomic E-state index is 12.9. The minimum absolute atomic E-state index is 0.0523. The van der Waals surface area contributed by atoms with E-state index < -0.39 is 23.8 Å². The van der Waals surface area contributed by atoms with Crippen LogP contribution in [0.2, 0.25) is 0 Å². The Morgan fingerprint density at radius 1 is 0.909 bits per heavy atom. The van der Waals surface area contributed by atoms with Crippen LogP contribution in [0.3, 0.4) is 0 Å². The molecule has 3 aromatic carbocycles. The van der Waals surface area contributed by atoms with Crippen molar-refractivity contribution in [1.82, 2.24) is 5.43 Å². The molecule has 1 heterocycles. The fourth-order valence-corrected chi connectivity index (χ4v) is 3.41. The minimum Gasteiger partial charge on any atom is -0.478 e. The maximum absolute atomic E-state index is 12.9. The van der Waals surface area contributed by atoms with Crippen molar-refractivity contribution in [3.05, 3.63) is 95.1 Å². The largest absolute Gasteiger partial charge is 0.478 e. The van der Waals surface area contributed by atoms with E-state index in [1.807, 2.05) is 6.07 Å². The second-order valence-corrected chi connectivity index (χ2v) is 7.19. The smallest absolute Gasteiger partial charge is 0.337 e. The van der Waals surface area contributed by atoms with E-state index >= 15 is 0 Å². The third kappa shape index (κ3) is 4.35. The Balaban J connectivity index is 1.61. The number of carboxylic acids is 1. The average Bonchev–Trinajstić information content (AvgIpc) is 3.12. The highest BCUT2D eigenvalue weighted by Gasteiger charge is 2.34. The van der Waals surface area contributed by atoms with Gasteiger partial charge in [-0.1, -0.05) is 30.3 Å². The zero-order valence-corrected chi connectivity index (χ0v) is 17.4. The summed E-state index contributed by atoms with van der Waals surface area (Å²) in [4.78, 5) is 48.2. The maximum Gasteiger partial charge on any atom is 0.337 e. The second-order valence-electron chi connectivity index (χ2n) is 7.19. The topological polar surface area (TPSA) is 113 Å². The van der Waals surface area contributed by atoms with Crippen molar-refractivity contribution in [3.63, 3.8) is 0 Å². The van der Waals surface area contributed by atoms with E-state index in [4.69, 9.17) is 0 Å². The Labute approximate surface area is 188 Å². The highest BCUT2D eigenvalue weighted by Crippen LogP contribution is 2.25. The number of ether oxygens (including phenoxy) is 1. The van der Waals surface area contributed by atoms with Crippen LogP contribution in [0.5, 0.6) is 0 Å². The Morgan fingerprint density at radius 2 is 1.58 bits per heavy atom. The van der Waals surface area contributed by atoms with Crippen molar-refractivity contribution < 1.29 is 29.0 Å². The lowest BCUT2D eigenvalue weighted by Crippen LogP contribution is -2.35. The SMILES string of the molecule is COC(=O)c1ccc(N2NC(=O)/C(=C\c3cccc(-c4cccc(C(=O)O)c4)c3)C2=O)cc1. The van der Waals surface area contributed by atoms with Crippen LogP contribution in [0.15, 0.2) is 78.4 Å². The number of carbonyl (C=O) groups excluding carboxylic acids is 3. The molecule has 1 aliphatic rings. The van der Waals surface area contributed by atoms with Gasteiger partial charge in [0.1, 0.15) is 5.57 Å². The number of carbonyl (C=O) groups is 4. The molecule has 0 bridgehead atoms. The van der Waals surface area contributed by atoms with E-state index in [1.165, 1.54) is 43.5 Å². The predicted octanol–water partition coefficient (Wildman–Crippen LogP) is 3.30. The molecule has 0 aliphatic carbocycles. The standard InChI is InChI=1S/C25H18N2O6/c1-33-25(32)16-8-10-20(11-9-16)27-23(29)21(22(28)26-27)13-15-4-2-5-17(12-15)18-6-3-7-19(14-18)24(30)31/h2-14H,1H3,(H,26,28)(H,30,31)/b21-13+. The third-order valence-electron chi connectivity index (χ3n) is 5.08. The van der Waals surface area contributed by atoms with Gasteiger partial charge in [0.15, 0.2) is 0 Å². The van der Waals surface area contributed by atoms with Gasteiger partial charge in [0, 0.05) is 0 Å². The van der Waals surface area contributed by atoms with Gasteiger partial charge in [-0.25, -0.2) is 14.6 Å². The van der Waals surface area contributed by atoms with Crippen LogP contribution in [0.4, 0.5) is 5.69 Å². The molecule has 4 rings (SSSR count). The molecule has 33 heavy (non-hydrogen) atoms. The van der Waals surface area contributed by atoms with Crippen LogP contribution in [0.25, 0.3) is 17.2 Å². The zero-order valence-electron chi connectivity index (χ0n) is 17.4. The van der Waals surface area contributed by atoms with Gasteiger partial charge in [0.2, 0.25) is 0 Å². The van der Waals surface area contributed by atoms with Crippen molar-refractivity contribution >= 4 is 35.5 Å². The first kappa shape index (κ1) is 21.5. The molecule has 0 radical (unpaired) electrons. The van der Waals surface area contributed by atoms with Crippen molar-refractivity contribution in [2.45, 2.75) is 0 Å². The first-order valence-electron chi connectivity index (χ1n) is 9.86. The van der Waals surface area contributed by atoms with Crippen LogP contribution in [-0.2, 0) is 14.3 Å². The van der Waals surface area contributed by atoms with Gasteiger partial charge in [0.25, 0.3) is 11.8 Å². The highest BCUT2D eigenvalue weighted by atomic mass is 16.5. The van der Waals surface area contributed by atoms with E-state index in [0.29, 0.717) is 22.4 Å². The molecule has 8 nitrogen and oxygen atoms in total. The Kier molecular flexibility index (Phi) is 5.73. The number of amides is 2. The Morgan fingerprint density at radius 3 is 2.24 bits per heavy atom. The fraction of sp³-hybridized carbons (Fsp3) is 0.0400. The number of carboxylic acid groups (broad SMARTS) is 1. The van der Waals surface area contributed by atoms with E-state index in [-0.39, 0.29) is 11.1 Å². The second kappa shape index (κ2) is 8.80. The number of methoxy groups -OCH3 is 1. The lowest BCUT2D eigenvalue weighted by Gasteiger charge is -2.14. The van der Waals surface area contributed by atoms with Crippen molar-refractivity contribution in [2.75, 3.05) is 12.1 Å². The van der Waals surface area contributed by atoms with Crippen LogP contribution in [0, 0.1) is 0 Å². The molecular formula is C25H18N2O6. The number of rotatable bonds is 5. The third-order valence-corrected chi connectivity index (χ3v) is 5.08. The first-order chi connectivity index (χ1) is 15.9. The normalized spacial score (nSPS) is 14.3. The van der Waals surface area contributed by atoms with Crippen molar-refractivity contribution in [2.24, 2.45) is 0 Å². The summed E-state index contributed by atoms with van der Waals surface area (Å²) in [6.07, 6.45) is 1.48. The van der Waals surface area contributed by atoms with Crippen LogP contribution >= 0.6 is 0 Å². The molecule has 2 N–H and O–H groups in total. The molecule has 0 saturated carbocycles. The van der Waals surface area contributed by atoms with Gasteiger partial charge in [-0.2, -0.15) is 0 Å². The van der Waals surface area contributed by atoms with Gasteiger partial charge in [0.05, 0.1) is 23.9 Å². The molecule has 0 spiro atoms. The Hall–Kier alpha value is -4.72. The number of nitrogens with zero attached hydrogens (tertiary/aromatic N) is 1. The van der Waals surface area contributed by atoms with E-state index in [0.717, 1.165) is 10.6 Å². The highest BCUT2D eigenvalue weighted by molar-refractivity contribution is 6.31. The quantitative estimate of drug-likeness (QED) is 0.356. The van der Waals surface area contributed by atoms with E-state index in [1.54, 1.807) is 36.4 Å². The summed E-state index contributed by atoms with van der Waals surface area (Å²) in [5, 5.41) is 10.3. The van der Waals surface area contributed by atoms with Crippen molar-refractivity contribution in [1.29, 1.82) is 0 Å². The summed E-state index contributed by atoms with van der Waals surface area (Å²) >= 11 is 0. The number of anilines is 1. The molecule has 2 amide bonds. The number of esters is 1. The monoisotopic (exact) mass is 442 g/mol. The van der Waals surface area contributed by atoms with E-state index in [9.17, 15) is 24.3 Å². The van der Waals surface area contributed by atoms with Gasteiger partial charge in [-0.05, 0) is 65.2 Å². The molecule has 8 heteroatoms. The molecule has 1 fully saturated rings. The number of benzene rings is 3. The van der Waals surface area contributed by atoms with Crippen molar-refractivity contribution in [3.8, 4) is 11.1 Å². The molecular weight excluding hydrogens is 424 g/mol. The number of hydrogen-bond acceptors (Lipinski definition) is 5. The van der Waals surface area contributed by atoms with Gasteiger partial charge < -0.3 is 9.84 Å². The first-order valence-corrected chi connectivity index (χ1v) is 9.86. The number of hydrazine groups is 1. The molecule has 3 aromatic rings. The van der Waals surface area contributed by atoms with E-state index in [2.05, 4.69) is 10.2 Å². The van der Waals surface area contributed by atoms with Gasteiger partial charge >= 0.3 is 11.9 Å². The van der Waals surface area contributed by atoms with Crippen LogP contribution < -0.4 is 10.4 Å². The molecule has 1 aliphatic heterocycles. The summed E-state index contributed by atoms with van der Waals surface area (Å²) < 4.78 is 4.66. The molecule has 0 unspecified atom stereocenters. The fourth-order valence-electron chi connectivity index (χ4n) is 3.41. The lowest BCUT2D eigenvalue weighted by molar-refractivity contribution is -0.117. The predicted molar refractivity (Wildman–Crippen MR) is 120 cm³/mol. The number of hydrogen-bond donors (Lipinski definition) is 2. The summed E-state index contributed by atoms with van der Waals surface area (Å²) in [7, 11) is 1.27. The van der Waals surface area contributed by atoms with Crippen LogP contribution in [-0.4, -0.2) is 36.0 Å². The summed E-state index contributed by atoms with van der Waals surface area (Å²) in [6.45, 7) is 0. The van der Waals surface area contributed by atoms with Gasteiger partial charge in [-0.3, -0.25) is 15.0 Å². The molecule has 164 valence electrons. The molecule has 1 saturated heterocycles. The summed E-state index contributed by atoms with van der Waals surface area (Å²) in [5.74, 6) is -2.63. The molecule has 0 aromatic heterocycles. The van der Waals surface area contributed by atoms with Crippen LogP contribution in [0.1, 0.15) is 26.3 Å². The molecule has 0 atom stereocenters. The lowest BCUT2D eigenvalue weighted by atomic mass is 10.00. The summed E-state index contributed by atoms with van der Waals surface area (Å²) in [6, 6.07) is 19.6. The average molecular weight is 442 g/mol. The number of aromatic carboxylic acids is 1. The minimum atomic E-state index is -1.02. The number of nitrogens with one attached hydrogen (secondary N) is 1. The summed E-state index contributed by atoms with van der Waals surface area (Å²) in [5.41, 5.74) is 5.38.